The Morgan fingerprint density at radius 1 is 1.17 bits per heavy atom. The molecule has 0 bridgehead atoms. The van der Waals surface area contributed by atoms with Gasteiger partial charge in [-0.3, -0.25) is 4.79 Å². The average Bonchev–Trinajstić information content (AvgIpc) is 2.83. The molecule has 5 rings (SSSR count). The number of halogens is 4. The lowest BCUT2D eigenvalue weighted by Gasteiger charge is -2.40. The molecule has 0 amide bonds. The molecule has 1 fully saturated rings. The molecule has 0 radical (unpaired) electrons. The maximum absolute atomic E-state index is 14.2. The normalized spacial score (nSPS) is 14.4. The Balaban J connectivity index is 1.69. The molecule has 36 heavy (non-hydrogen) atoms. The number of aryl methyl sites for hydroxylation is 1. The molecule has 0 unspecified atom stereocenters. The minimum absolute atomic E-state index is 0.00269. The second-order valence-corrected chi connectivity index (χ2v) is 8.64. The van der Waals surface area contributed by atoms with Crippen LogP contribution in [0.15, 0.2) is 41.3 Å². The zero-order valence-corrected chi connectivity index (χ0v) is 19.1. The lowest BCUT2D eigenvalue weighted by atomic mass is 10.0. The fourth-order valence-corrected chi connectivity index (χ4v) is 4.23. The van der Waals surface area contributed by atoms with Gasteiger partial charge in [-0.2, -0.15) is 5.26 Å². The van der Waals surface area contributed by atoms with Crippen molar-refractivity contribution in [1.29, 1.82) is 5.26 Å². The third kappa shape index (κ3) is 3.90. The largest absolute Gasteiger partial charge is 0.354 e. The summed E-state index contributed by atoms with van der Waals surface area (Å²) in [6.07, 6.45) is 1.39. The highest BCUT2D eigenvalue weighted by molar-refractivity contribution is 5.87. The first kappa shape index (κ1) is 23.3. The average molecular weight is 494 g/mol. The van der Waals surface area contributed by atoms with Crippen LogP contribution in [0.3, 0.4) is 0 Å². The number of nitrogens with zero attached hydrogens (tertiary/aromatic N) is 4. The van der Waals surface area contributed by atoms with Crippen LogP contribution in [-0.4, -0.2) is 34.0 Å². The summed E-state index contributed by atoms with van der Waals surface area (Å²) in [4.78, 5) is 25.9. The highest BCUT2D eigenvalue weighted by Crippen LogP contribution is 2.38. The maximum Gasteiger partial charge on any atom is 0.282 e. The lowest BCUT2D eigenvalue weighted by Crippen LogP contribution is -2.56. The molecule has 0 spiro atoms. The summed E-state index contributed by atoms with van der Waals surface area (Å²) >= 11 is 0. The first-order chi connectivity index (χ1) is 17.1. The van der Waals surface area contributed by atoms with Crippen LogP contribution in [0.5, 0.6) is 0 Å². The number of aromatic nitrogens is 3. The Labute approximate surface area is 202 Å². The molecule has 1 saturated heterocycles. The van der Waals surface area contributed by atoms with E-state index in [0.29, 0.717) is 28.2 Å². The molecule has 0 saturated carbocycles. The summed E-state index contributed by atoms with van der Waals surface area (Å²) < 4.78 is 55.0. The highest BCUT2D eigenvalue weighted by Gasteiger charge is 2.45. The molecule has 1 aliphatic rings. The Morgan fingerprint density at radius 2 is 1.92 bits per heavy atom. The molecule has 1 aliphatic heterocycles. The summed E-state index contributed by atoms with van der Waals surface area (Å²) in [6.45, 7) is 2.09. The predicted molar refractivity (Wildman–Crippen MR) is 127 cm³/mol. The Bertz CT molecular complexity index is 1630. The number of anilines is 3. The van der Waals surface area contributed by atoms with Gasteiger partial charge >= 0.3 is 0 Å². The van der Waals surface area contributed by atoms with Crippen molar-refractivity contribution in [3.63, 3.8) is 0 Å². The number of pyridine rings is 3. The van der Waals surface area contributed by atoms with E-state index in [4.69, 9.17) is 0 Å². The maximum atomic E-state index is 14.2. The lowest BCUT2D eigenvalue weighted by molar-refractivity contribution is -0.0267. The number of hydrogen-bond donors (Lipinski definition) is 2. The van der Waals surface area contributed by atoms with Crippen molar-refractivity contribution in [2.24, 2.45) is 0 Å². The van der Waals surface area contributed by atoms with Gasteiger partial charge in [0.1, 0.15) is 17.7 Å². The van der Waals surface area contributed by atoms with Gasteiger partial charge in [0.15, 0.2) is 22.8 Å². The number of benzene rings is 1. The van der Waals surface area contributed by atoms with Crippen molar-refractivity contribution in [3.05, 3.63) is 75.2 Å². The zero-order valence-electron chi connectivity index (χ0n) is 19.1. The quantitative estimate of drug-likeness (QED) is 0.390. The van der Waals surface area contributed by atoms with Gasteiger partial charge < -0.3 is 15.2 Å². The van der Waals surface area contributed by atoms with Crippen LogP contribution in [0.2, 0.25) is 0 Å². The van der Waals surface area contributed by atoms with Crippen LogP contribution in [0.1, 0.15) is 16.8 Å². The van der Waals surface area contributed by atoms with E-state index in [1.54, 1.807) is 19.1 Å². The van der Waals surface area contributed by atoms with Crippen LogP contribution in [0, 0.1) is 36.8 Å². The Hall–Kier alpha value is -4.46. The zero-order chi connectivity index (χ0) is 25.8. The molecule has 11 heteroatoms. The second kappa shape index (κ2) is 8.34. The SMILES string of the molecule is Cc1cc(-c2cc(=O)c3c(C#N)nccc3[nH]2)c(Nc2ccc(F)c(F)c2C)nc1N1CC(F)(F)C1. The number of rotatable bonds is 4. The van der Waals surface area contributed by atoms with E-state index in [2.05, 4.69) is 20.3 Å². The number of alkyl halides is 2. The highest BCUT2D eigenvalue weighted by atomic mass is 19.3. The van der Waals surface area contributed by atoms with E-state index < -0.39 is 36.1 Å². The van der Waals surface area contributed by atoms with Crippen molar-refractivity contribution in [3.8, 4) is 17.3 Å². The molecule has 4 heterocycles. The number of nitrogens with one attached hydrogen (secondary N) is 2. The number of fused-ring (bicyclic) bond motifs is 1. The fraction of sp³-hybridized carbons (Fsp3) is 0.200. The molecule has 0 aliphatic carbocycles. The predicted octanol–water partition coefficient (Wildman–Crippen LogP) is 4.95. The van der Waals surface area contributed by atoms with Crippen molar-refractivity contribution in [2.45, 2.75) is 19.8 Å². The molecule has 0 atom stereocenters. The van der Waals surface area contributed by atoms with Gasteiger partial charge in [-0.15, -0.1) is 0 Å². The first-order valence-corrected chi connectivity index (χ1v) is 10.9. The third-order valence-electron chi connectivity index (χ3n) is 6.06. The molecular weight excluding hydrogens is 476 g/mol. The van der Waals surface area contributed by atoms with Gasteiger partial charge in [0, 0.05) is 29.1 Å². The van der Waals surface area contributed by atoms with Crippen molar-refractivity contribution >= 4 is 28.2 Å². The number of H-pyrrole nitrogens is 1. The summed E-state index contributed by atoms with van der Waals surface area (Å²) in [5, 5.41) is 12.4. The molecule has 4 aromatic rings. The standard InChI is InChI=1S/C25H18F4N6O/c1-12-7-14(18-8-20(36)21-17(32-18)5-6-31-19(21)9-30)23(34-24(12)35-10-25(28,29)11-35)33-16-4-3-15(26)22(27)13(16)2/h3-8H,10-11H2,1-2H3,(H,32,36)(H,33,34). The molecular formula is C25H18F4N6O. The van der Waals surface area contributed by atoms with Crippen LogP contribution < -0.4 is 15.6 Å². The Kier molecular flexibility index (Phi) is 5.39. The number of aromatic amines is 1. The van der Waals surface area contributed by atoms with E-state index in [0.717, 1.165) is 6.07 Å². The monoisotopic (exact) mass is 494 g/mol. The van der Waals surface area contributed by atoms with Crippen molar-refractivity contribution in [2.75, 3.05) is 23.3 Å². The van der Waals surface area contributed by atoms with E-state index >= 15 is 0 Å². The van der Waals surface area contributed by atoms with Crippen LogP contribution in [-0.2, 0) is 0 Å². The number of nitriles is 1. The van der Waals surface area contributed by atoms with Gasteiger partial charge in [-0.25, -0.2) is 27.5 Å². The van der Waals surface area contributed by atoms with E-state index in [-0.39, 0.29) is 28.1 Å². The van der Waals surface area contributed by atoms with Crippen LogP contribution in [0.25, 0.3) is 22.2 Å². The van der Waals surface area contributed by atoms with Gasteiger partial charge in [0.2, 0.25) is 0 Å². The van der Waals surface area contributed by atoms with Crippen LogP contribution in [0.4, 0.5) is 34.9 Å². The fourth-order valence-electron chi connectivity index (χ4n) is 4.23. The van der Waals surface area contributed by atoms with Crippen molar-refractivity contribution in [1.82, 2.24) is 15.0 Å². The Morgan fingerprint density at radius 3 is 2.61 bits per heavy atom. The van der Waals surface area contributed by atoms with Gasteiger partial charge in [0.25, 0.3) is 5.92 Å². The summed E-state index contributed by atoms with van der Waals surface area (Å²) in [7, 11) is 0. The summed E-state index contributed by atoms with van der Waals surface area (Å²) in [5.74, 6) is -4.44. The smallest absolute Gasteiger partial charge is 0.282 e. The molecule has 182 valence electrons. The van der Waals surface area contributed by atoms with E-state index in [9.17, 15) is 27.6 Å². The molecule has 1 aromatic carbocycles. The minimum Gasteiger partial charge on any atom is -0.354 e. The van der Waals surface area contributed by atoms with E-state index in [1.807, 2.05) is 6.07 Å². The van der Waals surface area contributed by atoms with Crippen molar-refractivity contribution < 1.29 is 17.6 Å². The molecule has 2 N–H and O–H groups in total. The van der Waals surface area contributed by atoms with Crippen LogP contribution >= 0.6 is 0 Å². The van der Waals surface area contributed by atoms with Gasteiger partial charge in [0.05, 0.1) is 29.7 Å². The molecule has 3 aromatic heterocycles. The van der Waals surface area contributed by atoms with Gasteiger partial charge in [-0.05, 0) is 43.7 Å². The first-order valence-electron chi connectivity index (χ1n) is 10.9. The summed E-state index contributed by atoms with van der Waals surface area (Å²) in [5.41, 5.74) is 1.37. The minimum atomic E-state index is -2.83. The molecule has 7 nitrogen and oxygen atoms in total. The topological polar surface area (TPSA) is 97.7 Å². The summed E-state index contributed by atoms with van der Waals surface area (Å²) in [6, 6.07) is 8.68. The third-order valence-corrected chi connectivity index (χ3v) is 6.06. The van der Waals surface area contributed by atoms with E-state index in [1.165, 1.54) is 30.2 Å². The number of hydrogen-bond acceptors (Lipinski definition) is 6. The second-order valence-electron chi connectivity index (χ2n) is 8.64. The van der Waals surface area contributed by atoms with Gasteiger partial charge in [-0.1, -0.05) is 0 Å².